The van der Waals surface area contributed by atoms with Crippen molar-refractivity contribution < 1.29 is 9.53 Å². The molecular weight excluding hydrogens is 200 g/mol. The van der Waals surface area contributed by atoms with Crippen molar-refractivity contribution >= 4 is 11.6 Å². The molecule has 15 heavy (non-hydrogen) atoms. The van der Waals surface area contributed by atoms with Crippen LogP contribution in [0.3, 0.4) is 0 Å². The highest BCUT2D eigenvalue weighted by atomic mass is 16.5. The molecule has 0 aliphatic carbocycles. The molecule has 78 valence electrons. The van der Waals surface area contributed by atoms with Gasteiger partial charge in [-0.25, -0.2) is 13.9 Å². The van der Waals surface area contributed by atoms with E-state index in [9.17, 15) is 9.59 Å². The zero-order valence-electron chi connectivity index (χ0n) is 7.95. The monoisotopic (exact) mass is 208 g/mol. The summed E-state index contributed by atoms with van der Waals surface area (Å²) in [6.07, 6.45) is 4.40. The number of nitrogens with zero attached hydrogens (tertiary/aromatic N) is 4. The average molecular weight is 208 g/mol. The minimum absolute atomic E-state index is 0.197. The largest absolute Gasteiger partial charge is 0.468 e. The van der Waals surface area contributed by atoms with Gasteiger partial charge in [0, 0.05) is 12.4 Å². The lowest BCUT2D eigenvalue weighted by Crippen LogP contribution is -2.25. The molecule has 0 amide bonds. The maximum atomic E-state index is 11.6. The molecule has 0 bridgehead atoms. The maximum Gasteiger partial charge on any atom is 0.350 e. The first-order valence-corrected chi connectivity index (χ1v) is 4.18. The van der Waals surface area contributed by atoms with Gasteiger partial charge < -0.3 is 4.74 Å². The average Bonchev–Trinajstić information content (AvgIpc) is 2.57. The van der Waals surface area contributed by atoms with Crippen LogP contribution in [0.15, 0.2) is 23.4 Å². The normalized spacial score (nSPS) is 10.5. The standard InChI is InChI=1S/C8H8N4O3/c1-15-7(13)5-12-8(14)11-3-2-9-4-6(11)10-12/h2-4H,5H2,1H3. The number of ether oxygens (including phenoxy) is 1. The topological polar surface area (TPSA) is 78.5 Å². The van der Waals surface area contributed by atoms with Crippen LogP contribution < -0.4 is 5.69 Å². The Labute approximate surface area is 83.9 Å². The lowest BCUT2D eigenvalue weighted by molar-refractivity contribution is -0.141. The Morgan fingerprint density at radius 3 is 3.07 bits per heavy atom. The van der Waals surface area contributed by atoms with Crippen molar-refractivity contribution in [3.05, 3.63) is 29.1 Å². The lowest BCUT2D eigenvalue weighted by Gasteiger charge is -1.95. The van der Waals surface area contributed by atoms with E-state index in [1.165, 1.54) is 30.1 Å². The summed E-state index contributed by atoms with van der Waals surface area (Å²) < 4.78 is 6.77. The third-order valence-electron chi connectivity index (χ3n) is 1.90. The molecule has 0 atom stereocenters. The van der Waals surface area contributed by atoms with Crippen molar-refractivity contribution in [2.24, 2.45) is 0 Å². The first-order valence-electron chi connectivity index (χ1n) is 4.18. The summed E-state index contributed by atoms with van der Waals surface area (Å²) in [6, 6.07) is 0. The third kappa shape index (κ3) is 1.58. The number of carbonyl (C=O) groups excluding carboxylic acids is 1. The van der Waals surface area contributed by atoms with E-state index in [4.69, 9.17) is 0 Å². The SMILES string of the molecule is COC(=O)Cn1nc2cnccn2c1=O. The van der Waals surface area contributed by atoms with E-state index in [0.29, 0.717) is 5.65 Å². The molecular formula is C8H8N4O3. The molecule has 2 aromatic heterocycles. The summed E-state index contributed by atoms with van der Waals surface area (Å²) in [5, 5.41) is 3.90. The van der Waals surface area contributed by atoms with Gasteiger partial charge in [0.25, 0.3) is 0 Å². The number of hydrogen-bond acceptors (Lipinski definition) is 5. The Bertz CT molecular complexity index is 556. The van der Waals surface area contributed by atoms with Crippen LogP contribution in [0.5, 0.6) is 0 Å². The predicted octanol–water partition coefficient (Wildman–Crippen LogP) is -0.936. The second-order valence-corrected chi connectivity index (χ2v) is 2.82. The van der Waals surface area contributed by atoms with Gasteiger partial charge in [-0.1, -0.05) is 0 Å². The number of esters is 1. The fourth-order valence-corrected chi connectivity index (χ4v) is 1.17. The van der Waals surface area contributed by atoms with Crippen LogP contribution in [-0.2, 0) is 16.1 Å². The second kappa shape index (κ2) is 3.52. The summed E-state index contributed by atoms with van der Waals surface area (Å²) in [5.41, 5.74) is 0.00389. The van der Waals surface area contributed by atoms with Gasteiger partial charge in [-0.3, -0.25) is 9.78 Å². The Balaban J connectivity index is 2.49. The quantitative estimate of drug-likeness (QED) is 0.595. The van der Waals surface area contributed by atoms with Crippen molar-refractivity contribution in [2.45, 2.75) is 6.54 Å². The first-order chi connectivity index (χ1) is 7.22. The smallest absolute Gasteiger partial charge is 0.350 e. The molecule has 0 fully saturated rings. The van der Waals surface area contributed by atoms with Crippen molar-refractivity contribution in [1.82, 2.24) is 19.2 Å². The van der Waals surface area contributed by atoms with Crippen LogP contribution in [0.25, 0.3) is 5.65 Å². The molecule has 0 aliphatic heterocycles. The molecule has 0 saturated carbocycles. The minimum atomic E-state index is -0.520. The number of hydrogen-bond donors (Lipinski definition) is 0. The fourth-order valence-electron chi connectivity index (χ4n) is 1.17. The van der Waals surface area contributed by atoms with Crippen molar-refractivity contribution in [3.8, 4) is 0 Å². The molecule has 0 saturated heterocycles. The molecule has 0 aromatic carbocycles. The Hall–Kier alpha value is -2.18. The molecule has 0 unspecified atom stereocenters. The molecule has 0 aliphatic rings. The van der Waals surface area contributed by atoms with Crippen LogP contribution in [-0.4, -0.2) is 32.2 Å². The zero-order valence-corrected chi connectivity index (χ0v) is 7.95. The molecule has 0 spiro atoms. The van der Waals surface area contributed by atoms with E-state index >= 15 is 0 Å². The van der Waals surface area contributed by atoms with E-state index in [1.54, 1.807) is 0 Å². The maximum absolute atomic E-state index is 11.6. The van der Waals surface area contributed by atoms with Gasteiger partial charge in [-0.15, -0.1) is 5.10 Å². The van der Waals surface area contributed by atoms with Gasteiger partial charge in [0.05, 0.1) is 13.3 Å². The van der Waals surface area contributed by atoms with Crippen LogP contribution >= 0.6 is 0 Å². The summed E-state index contributed by atoms with van der Waals surface area (Å²) >= 11 is 0. The second-order valence-electron chi connectivity index (χ2n) is 2.82. The number of methoxy groups -OCH3 is 1. The summed E-state index contributed by atoms with van der Waals surface area (Å²) in [6.45, 7) is -0.197. The lowest BCUT2D eigenvalue weighted by atomic mass is 10.7. The minimum Gasteiger partial charge on any atom is -0.468 e. The highest BCUT2D eigenvalue weighted by Gasteiger charge is 2.09. The van der Waals surface area contributed by atoms with Crippen LogP contribution in [0.2, 0.25) is 0 Å². The van der Waals surface area contributed by atoms with Crippen LogP contribution in [0, 0.1) is 0 Å². The molecule has 2 heterocycles. The first kappa shape index (κ1) is 9.38. The zero-order chi connectivity index (χ0) is 10.8. The molecule has 0 radical (unpaired) electrons. The van der Waals surface area contributed by atoms with Gasteiger partial charge in [0.2, 0.25) is 0 Å². The number of aromatic nitrogens is 4. The van der Waals surface area contributed by atoms with Gasteiger partial charge in [-0.2, -0.15) is 0 Å². The fraction of sp³-hybridized carbons (Fsp3) is 0.250. The van der Waals surface area contributed by atoms with Crippen LogP contribution in [0.1, 0.15) is 0 Å². The summed E-state index contributed by atoms with van der Waals surface area (Å²) in [4.78, 5) is 26.4. The molecule has 2 aromatic rings. The highest BCUT2D eigenvalue weighted by Crippen LogP contribution is 1.92. The van der Waals surface area contributed by atoms with E-state index in [0.717, 1.165) is 4.68 Å². The van der Waals surface area contributed by atoms with E-state index in [2.05, 4.69) is 14.8 Å². The molecule has 0 N–H and O–H groups in total. The van der Waals surface area contributed by atoms with Gasteiger partial charge in [-0.05, 0) is 0 Å². The van der Waals surface area contributed by atoms with Crippen molar-refractivity contribution in [3.63, 3.8) is 0 Å². The van der Waals surface area contributed by atoms with Gasteiger partial charge in [0.1, 0.15) is 6.54 Å². The number of fused-ring (bicyclic) bond motifs is 1. The Kier molecular flexibility index (Phi) is 2.20. The van der Waals surface area contributed by atoms with Gasteiger partial charge in [0.15, 0.2) is 5.65 Å². The Morgan fingerprint density at radius 2 is 2.40 bits per heavy atom. The Morgan fingerprint density at radius 1 is 1.60 bits per heavy atom. The highest BCUT2D eigenvalue weighted by molar-refractivity contribution is 5.68. The van der Waals surface area contributed by atoms with Crippen LogP contribution in [0.4, 0.5) is 0 Å². The van der Waals surface area contributed by atoms with E-state index in [-0.39, 0.29) is 6.54 Å². The predicted molar refractivity (Wildman–Crippen MR) is 49.3 cm³/mol. The van der Waals surface area contributed by atoms with Crippen molar-refractivity contribution in [2.75, 3.05) is 7.11 Å². The van der Waals surface area contributed by atoms with E-state index < -0.39 is 11.7 Å². The van der Waals surface area contributed by atoms with Gasteiger partial charge >= 0.3 is 11.7 Å². The van der Waals surface area contributed by atoms with Crippen molar-refractivity contribution in [1.29, 1.82) is 0 Å². The molecule has 7 heteroatoms. The summed E-state index contributed by atoms with van der Waals surface area (Å²) in [5.74, 6) is -0.520. The third-order valence-corrected chi connectivity index (χ3v) is 1.90. The molecule has 2 rings (SSSR count). The number of rotatable bonds is 2. The molecule has 7 nitrogen and oxygen atoms in total. The summed E-state index contributed by atoms with van der Waals surface area (Å²) in [7, 11) is 1.25. The van der Waals surface area contributed by atoms with E-state index in [1.807, 2.05) is 0 Å². The number of carbonyl (C=O) groups is 1.